The van der Waals surface area contributed by atoms with Crippen molar-refractivity contribution in [1.82, 2.24) is 0 Å². The highest BCUT2D eigenvalue weighted by Crippen LogP contribution is 2.39. The number of ketones is 1. The topological polar surface area (TPSA) is 35.5 Å². The number of unbranched alkanes of at least 4 members (excludes halogenated alkanes) is 2. The minimum Gasteiger partial charge on any atom is -0.493 e. The van der Waals surface area contributed by atoms with E-state index >= 15 is 0 Å². The summed E-state index contributed by atoms with van der Waals surface area (Å²) >= 11 is 0. The predicted octanol–water partition coefficient (Wildman–Crippen LogP) is 7.39. The van der Waals surface area contributed by atoms with Crippen molar-refractivity contribution < 1.29 is 14.3 Å². The first kappa shape index (κ1) is 22.8. The molecule has 0 bridgehead atoms. The summed E-state index contributed by atoms with van der Waals surface area (Å²) in [7, 11) is 0. The molecule has 0 amide bonds. The SMILES string of the molecule is CC1(C)CC(=O)c2c(C=Cc3ccccc3)cc(OCCCCCc3ccccc3)cc2O1. The van der Waals surface area contributed by atoms with E-state index in [1.165, 1.54) is 5.56 Å². The minimum atomic E-state index is -0.513. The second-order valence-corrected chi connectivity index (χ2v) is 9.24. The number of benzene rings is 3. The molecule has 3 heteroatoms. The lowest BCUT2D eigenvalue weighted by Crippen LogP contribution is -2.36. The van der Waals surface area contributed by atoms with E-state index in [1.807, 2.05) is 68.5 Å². The van der Waals surface area contributed by atoms with Crippen LogP contribution in [0.4, 0.5) is 0 Å². The van der Waals surface area contributed by atoms with Crippen LogP contribution >= 0.6 is 0 Å². The van der Waals surface area contributed by atoms with Crippen LogP contribution in [0.3, 0.4) is 0 Å². The van der Waals surface area contributed by atoms with Crippen LogP contribution in [0.25, 0.3) is 12.2 Å². The molecular formula is C30H32O3. The van der Waals surface area contributed by atoms with Gasteiger partial charge in [-0.1, -0.05) is 72.8 Å². The molecule has 1 heterocycles. The van der Waals surface area contributed by atoms with Gasteiger partial charge in [0.25, 0.3) is 0 Å². The van der Waals surface area contributed by atoms with Crippen LogP contribution in [0.1, 0.15) is 66.6 Å². The molecule has 4 rings (SSSR count). The standard InChI is InChI=1S/C30H32O3/c1-30(2)22-27(31)29-25(18-17-24-15-8-4-9-16-24)20-26(21-28(29)33-30)32-19-11-5-10-14-23-12-6-3-7-13-23/h3-4,6-9,12-13,15-18,20-21H,5,10-11,14,19,22H2,1-2H3. The third-order valence-corrected chi connectivity index (χ3v) is 5.83. The maximum Gasteiger partial charge on any atom is 0.171 e. The van der Waals surface area contributed by atoms with E-state index in [-0.39, 0.29) is 5.78 Å². The van der Waals surface area contributed by atoms with Gasteiger partial charge in [-0.2, -0.15) is 0 Å². The molecule has 33 heavy (non-hydrogen) atoms. The van der Waals surface area contributed by atoms with E-state index in [9.17, 15) is 4.79 Å². The van der Waals surface area contributed by atoms with Gasteiger partial charge in [0.2, 0.25) is 0 Å². The molecule has 3 aromatic rings. The van der Waals surface area contributed by atoms with Gasteiger partial charge < -0.3 is 9.47 Å². The smallest absolute Gasteiger partial charge is 0.171 e. The molecule has 1 aliphatic heterocycles. The lowest BCUT2D eigenvalue weighted by atomic mass is 9.90. The molecule has 0 atom stereocenters. The highest BCUT2D eigenvalue weighted by Gasteiger charge is 2.34. The van der Waals surface area contributed by atoms with Gasteiger partial charge >= 0.3 is 0 Å². The first-order valence-corrected chi connectivity index (χ1v) is 11.8. The molecule has 1 aliphatic rings. The van der Waals surface area contributed by atoms with E-state index in [0.29, 0.717) is 24.3 Å². The number of carbonyl (C=O) groups excluding carboxylic acids is 1. The van der Waals surface area contributed by atoms with Crippen LogP contribution in [0.5, 0.6) is 11.5 Å². The number of ether oxygens (including phenoxy) is 2. The van der Waals surface area contributed by atoms with Gasteiger partial charge in [0, 0.05) is 6.07 Å². The highest BCUT2D eigenvalue weighted by molar-refractivity contribution is 6.04. The molecule has 0 unspecified atom stereocenters. The average molecular weight is 441 g/mol. The molecule has 0 fully saturated rings. The van der Waals surface area contributed by atoms with E-state index < -0.39 is 5.60 Å². The van der Waals surface area contributed by atoms with Gasteiger partial charge in [-0.05, 0) is 62.3 Å². The lowest BCUT2D eigenvalue weighted by Gasteiger charge is -2.32. The number of fused-ring (bicyclic) bond motifs is 1. The molecule has 170 valence electrons. The number of hydrogen-bond donors (Lipinski definition) is 0. The van der Waals surface area contributed by atoms with Crippen molar-refractivity contribution in [3.05, 3.63) is 95.1 Å². The summed E-state index contributed by atoms with van der Waals surface area (Å²) in [4.78, 5) is 12.9. The summed E-state index contributed by atoms with van der Waals surface area (Å²) in [6, 6.07) is 24.5. The van der Waals surface area contributed by atoms with Crippen molar-refractivity contribution in [3.8, 4) is 11.5 Å². The van der Waals surface area contributed by atoms with Gasteiger partial charge in [-0.15, -0.1) is 0 Å². The Morgan fingerprint density at radius 1 is 0.909 bits per heavy atom. The second-order valence-electron chi connectivity index (χ2n) is 9.24. The molecule has 0 N–H and O–H groups in total. The maximum atomic E-state index is 12.9. The second kappa shape index (κ2) is 10.5. The van der Waals surface area contributed by atoms with Crippen LogP contribution in [0, 0.1) is 0 Å². The molecule has 0 spiro atoms. The predicted molar refractivity (Wildman–Crippen MR) is 135 cm³/mol. The zero-order valence-corrected chi connectivity index (χ0v) is 19.6. The van der Waals surface area contributed by atoms with E-state index in [1.54, 1.807) is 0 Å². The Hall–Kier alpha value is -3.33. The summed E-state index contributed by atoms with van der Waals surface area (Å²) in [5, 5.41) is 0. The molecule has 0 aromatic heterocycles. The minimum absolute atomic E-state index is 0.112. The zero-order valence-electron chi connectivity index (χ0n) is 19.6. The molecule has 0 saturated carbocycles. The molecule has 3 nitrogen and oxygen atoms in total. The van der Waals surface area contributed by atoms with Crippen molar-refractivity contribution in [3.63, 3.8) is 0 Å². The third kappa shape index (κ3) is 6.35. The molecule has 0 aliphatic carbocycles. The number of aryl methyl sites for hydroxylation is 1. The van der Waals surface area contributed by atoms with Crippen molar-refractivity contribution >= 4 is 17.9 Å². The van der Waals surface area contributed by atoms with Gasteiger partial charge in [0.15, 0.2) is 5.78 Å². The number of Topliss-reactive ketones (excluding diaryl/α,β-unsaturated/α-hetero) is 1. The maximum absolute atomic E-state index is 12.9. The largest absolute Gasteiger partial charge is 0.493 e. The van der Waals surface area contributed by atoms with E-state index in [4.69, 9.17) is 9.47 Å². The first-order valence-electron chi connectivity index (χ1n) is 11.8. The van der Waals surface area contributed by atoms with Gasteiger partial charge in [-0.3, -0.25) is 4.79 Å². The highest BCUT2D eigenvalue weighted by atomic mass is 16.5. The Morgan fingerprint density at radius 3 is 2.39 bits per heavy atom. The molecule has 0 saturated heterocycles. The summed E-state index contributed by atoms with van der Waals surface area (Å²) < 4.78 is 12.3. The molecular weight excluding hydrogens is 408 g/mol. The fourth-order valence-corrected chi connectivity index (χ4v) is 4.21. The summed E-state index contributed by atoms with van der Waals surface area (Å²) in [6.45, 7) is 4.55. The van der Waals surface area contributed by atoms with Crippen molar-refractivity contribution in [2.24, 2.45) is 0 Å². The van der Waals surface area contributed by atoms with E-state index in [2.05, 4.69) is 30.3 Å². The van der Waals surface area contributed by atoms with Crippen molar-refractivity contribution in [1.29, 1.82) is 0 Å². The number of carbonyl (C=O) groups is 1. The van der Waals surface area contributed by atoms with Crippen molar-refractivity contribution in [2.45, 2.75) is 51.6 Å². The summed E-state index contributed by atoms with van der Waals surface area (Å²) in [5.41, 5.74) is 3.45. The van der Waals surface area contributed by atoms with E-state index in [0.717, 1.165) is 42.6 Å². The summed E-state index contributed by atoms with van der Waals surface area (Å²) in [6.07, 6.45) is 8.73. The third-order valence-electron chi connectivity index (χ3n) is 5.83. The Morgan fingerprint density at radius 2 is 1.64 bits per heavy atom. The Labute approximate surface area is 197 Å². The normalized spacial score (nSPS) is 14.7. The number of hydrogen-bond acceptors (Lipinski definition) is 3. The zero-order chi connectivity index (χ0) is 23.1. The molecule has 0 radical (unpaired) electrons. The fraction of sp³-hybridized carbons (Fsp3) is 0.300. The quantitative estimate of drug-likeness (QED) is 0.257. The Kier molecular flexibility index (Phi) is 7.29. The van der Waals surface area contributed by atoms with Crippen LogP contribution in [-0.4, -0.2) is 18.0 Å². The van der Waals surface area contributed by atoms with Crippen LogP contribution in [0.2, 0.25) is 0 Å². The van der Waals surface area contributed by atoms with Crippen molar-refractivity contribution in [2.75, 3.05) is 6.61 Å². The lowest BCUT2D eigenvalue weighted by molar-refractivity contribution is 0.0618. The Bertz CT molecular complexity index is 1100. The van der Waals surface area contributed by atoms with Gasteiger partial charge in [0.1, 0.15) is 17.1 Å². The fourth-order valence-electron chi connectivity index (χ4n) is 4.21. The first-order chi connectivity index (χ1) is 16.0. The summed E-state index contributed by atoms with van der Waals surface area (Å²) in [5.74, 6) is 1.47. The Balaban J connectivity index is 1.44. The molecule has 3 aromatic carbocycles. The average Bonchev–Trinajstić information content (AvgIpc) is 2.80. The van der Waals surface area contributed by atoms with Crippen LogP contribution in [0.15, 0.2) is 72.8 Å². The monoisotopic (exact) mass is 440 g/mol. The number of rotatable bonds is 9. The van der Waals surface area contributed by atoms with Crippen LogP contribution < -0.4 is 9.47 Å². The van der Waals surface area contributed by atoms with Gasteiger partial charge in [-0.25, -0.2) is 0 Å². The van der Waals surface area contributed by atoms with Crippen LogP contribution in [-0.2, 0) is 6.42 Å². The van der Waals surface area contributed by atoms with Gasteiger partial charge in [0.05, 0.1) is 18.6 Å².